The highest BCUT2D eigenvalue weighted by Gasteiger charge is 2.22. The minimum Gasteiger partial charge on any atom is -0.508 e. The summed E-state index contributed by atoms with van der Waals surface area (Å²) in [5.74, 6) is 0.170. The summed E-state index contributed by atoms with van der Waals surface area (Å²) in [5, 5.41) is 13.1. The van der Waals surface area contributed by atoms with Crippen LogP contribution >= 0.6 is 0 Å². The number of phenolic OH excluding ortho intramolecular Hbond substituents is 1. The number of carbonyl (C=O) groups is 1. The lowest BCUT2D eigenvalue weighted by molar-refractivity contribution is 0.0720. The normalized spacial score (nSPS) is 19.8. The largest absolute Gasteiger partial charge is 0.508 e. The van der Waals surface area contributed by atoms with Gasteiger partial charge in [0.25, 0.3) is 5.91 Å². The quantitative estimate of drug-likeness (QED) is 0.856. The number of nitrogens with zero attached hydrogens (tertiary/aromatic N) is 1. The maximum atomic E-state index is 12.4. The van der Waals surface area contributed by atoms with Gasteiger partial charge < -0.3 is 15.3 Å². The molecule has 4 nitrogen and oxygen atoms in total. The Kier molecular flexibility index (Phi) is 4.43. The average Bonchev–Trinajstić information content (AvgIpc) is 2.69. The van der Waals surface area contributed by atoms with Crippen molar-refractivity contribution in [3.8, 4) is 5.75 Å². The summed E-state index contributed by atoms with van der Waals surface area (Å²) in [5.41, 5.74) is 1.35. The van der Waals surface area contributed by atoms with E-state index in [1.807, 2.05) is 18.9 Å². The second-order valence-electron chi connectivity index (χ2n) is 5.25. The zero-order valence-electron chi connectivity index (χ0n) is 11.6. The van der Waals surface area contributed by atoms with Crippen molar-refractivity contribution in [3.05, 3.63) is 29.3 Å². The third kappa shape index (κ3) is 3.26. The SMILES string of the molecule is Cc1ccc(C(=O)N(C)C2CCCNCC2)cc1O. The van der Waals surface area contributed by atoms with E-state index in [1.54, 1.807) is 18.2 Å². The zero-order valence-corrected chi connectivity index (χ0v) is 11.6. The first kappa shape index (κ1) is 13.9. The number of aryl methyl sites for hydroxylation is 1. The maximum absolute atomic E-state index is 12.4. The van der Waals surface area contributed by atoms with E-state index in [2.05, 4.69) is 5.32 Å². The van der Waals surface area contributed by atoms with Crippen molar-refractivity contribution in [1.29, 1.82) is 0 Å². The van der Waals surface area contributed by atoms with E-state index in [4.69, 9.17) is 0 Å². The zero-order chi connectivity index (χ0) is 13.8. The van der Waals surface area contributed by atoms with Gasteiger partial charge in [-0.25, -0.2) is 0 Å². The van der Waals surface area contributed by atoms with Crippen LogP contribution in [0.4, 0.5) is 0 Å². The highest BCUT2D eigenvalue weighted by Crippen LogP contribution is 2.20. The van der Waals surface area contributed by atoms with Crippen LogP contribution < -0.4 is 5.32 Å². The molecule has 2 rings (SSSR count). The molecule has 1 aromatic rings. The van der Waals surface area contributed by atoms with Crippen molar-refractivity contribution in [2.45, 2.75) is 32.2 Å². The Balaban J connectivity index is 2.10. The van der Waals surface area contributed by atoms with Gasteiger partial charge in [-0.2, -0.15) is 0 Å². The van der Waals surface area contributed by atoms with Gasteiger partial charge in [-0.15, -0.1) is 0 Å². The Bertz CT molecular complexity index is 451. The fourth-order valence-electron chi connectivity index (χ4n) is 2.50. The van der Waals surface area contributed by atoms with Crippen LogP contribution in [0, 0.1) is 6.92 Å². The summed E-state index contributed by atoms with van der Waals surface area (Å²) < 4.78 is 0. The minimum absolute atomic E-state index is 0.0119. The summed E-state index contributed by atoms with van der Waals surface area (Å²) >= 11 is 0. The van der Waals surface area contributed by atoms with Gasteiger partial charge in [0.15, 0.2) is 0 Å². The molecule has 0 aliphatic carbocycles. The standard InChI is InChI=1S/C15H22N2O2/c1-11-5-6-12(10-14(11)18)15(19)17(2)13-4-3-8-16-9-7-13/h5-6,10,13,16,18H,3-4,7-9H2,1-2H3. The van der Waals surface area contributed by atoms with Gasteiger partial charge in [0.05, 0.1) is 0 Å². The molecule has 1 amide bonds. The van der Waals surface area contributed by atoms with Gasteiger partial charge in [-0.1, -0.05) is 6.07 Å². The number of aromatic hydroxyl groups is 1. The van der Waals surface area contributed by atoms with Crippen molar-refractivity contribution in [1.82, 2.24) is 10.2 Å². The summed E-state index contributed by atoms with van der Waals surface area (Å²) in [6.45, 7) is 3.82. The monoisotopic (exact) mass is 262 g/mol. The summed E-state index contributed by atoms with van der Waals surface area (Å²) in [7, 11) is 1.86. The van der Waals surface area contributed by atoms with E-state index in [1.165, 1.54) is 0 Å². The third-order valence-electron chi connectivity index (χ3n) is 3.87. The van der Waals surface area contributed by atoms with Crippen LogP contribution in [-0.4, -0.2) is 42.1 Å². The van der Waals surface area contributed by atoms with E-state index < -0.39 is 0 Å². The number of phenols is 1. The topological polar surface area (TPSA) is 52.6 Å². The van der Waals surface area contributed by atoms with Crippen LogP contribution in [0.3, 0.4) is 0 Å². The van der Waals surface area contributed by atoms with E-state index in [-0.39, 0.29) is 17.7 Å². The molecule has 1 saturated heterocycles. The van der Waals surface area contributed by atoms with Crippen molar-refractivity contribution in [3.63, 3.8) is 0 Å². The Morgan fingerprint density at radius 2 is 2.16 bits per heavy atom. The molecule has 1 atom stereocenters. The number of carbonyl (C=O) groups excluding carboxylic acids is 1. The molecule has 0 saturated carbocycles. The number of nitrogens with one attached hydrogen (secondary N) is 1. The molecule has 1 fully saturated rings. The van der Waals surface area contributed by atoms with Gasteiger partial charge in [-0.3, -0.25) is 4.79 Å². The highest BCUT2D eigenvalue weighted by atomic mass is 16.3. The van der Waals surface area contributed by atoms with Gasteiger partial charge in [0.1, 0.15) is 5.75 Å². The van der Waals surface area contributed by atoms with Gasteiger partial charge in [0.2, 0.25) is 0 Å². The number of benzene rings is 1. The molecule has 2 N–H and O–H groups in total. The minimum atomic E-state index is -0.0119. The van der Waals surface area contributed by atoms with E-state index >= 15 is 0 Å². The summed E-state index contributed by atoms with van der Waals surface area (Å²) in [6.07, 6.45) is 3.12. The molecule has 1 heterocycles. The molecule has 0 bridgehead atoms. The van der Waals surface area contributed by atoms with Crippen LogP contribution in [0.5, 0.6) is 5.75 Å². The molecular weight excluding hydrogens is 240 g/mol. The van der Waals surface area contributed by atoms with Crippen LogP contribution in [-0.2, 0) is 0 Å². The summed E-state index contributed by atoms with van der Waals surface area (Å²) in [6, 6.07) is 5.41. The fraction of sp³-hybridized carbons (Fsp3) is 0.533. The molecule has 1 aliphatic heterocycles. The van der Waals surface area contributed by atoms with E-state index in [9.17, 15) is 9.90 Å². The van der Waals surface area contributed by atoms with Crippen molar-refractivity contribution in [2.75, 3.05) is 20.1 Å². The smallest absolute Gasteiger partial charge is 0.253 e. The number of hydrogen-bond acceptors (Lipinski definition) is 3. The number of rotatable bonds is 2. The molecular formula is C15H22N2O2. The molecule has 4 heteroatoms. The molecule has 0 radical (unpaired) electrons. The lowest BCUT2D eigenvalue weighted by Gasteiger charge is -2.27. The Labute approximate surface area is 114 Å². The maximum Gasteiger partial charge on any atom is 0.253 e. The first-order valence-corrected chi connectivity index (χ1v) is 6.87. The Morgan fingerprint density at radius 1 is 1.37 bits per heavy atom. The first-order valence-electron chi connectivity index (χ1n) is 6.87. The molecule has 19 heavy (non-hydrogen) atoms. The predicted molar refractivity (Wildman–Crippen MR) is 75.4 cm³/mol. The molecule has 104 valence electrons. The highest BCUT2D eigenvalue weighted by molar-refractivity contribution is 5.94. The average molecular weight is 262 g/mol. The Morgan fingerprint density at radius 3 is 2.89 bits per heavy atom. The van der Waals surface area contributed by atoms with Gasteiger partial charge >= 0.3 is 0 Å². The second kappa shape index (κ2) is 6.06. The molecule has 0 aromatic heterocycles. The third-order valence-corrected chi connectivity index (χ3v) is 3.87. The molecule has 1 aliphatic rings. The number of hydrogen-bond donors (Lipinski definition) is 2. The van der Waals surface area contributed by atoms with Crippen molar-refractivity contribution >= 4 is 5.91 Å². The molecule has 1 unspecified atom stereocenters. The van der Waals surface area contributed by atoms with Crippen LogP contribution in [0.15, 0.2) is 18.2 Å². The van der Waals surface area contributed by atoms with Crippen LogP contribution in [0.25, 0.3) is 0 Å². The van der Waals surface area contributed by atoms with Crippen LogP contribution in [0.2, 0.25) is 0 Å². The summed E-state index contributed by atoms with van der Waals surface area (Å²) in [4.78, 5) is 14.2. The molecule has 1 aromatic carbocycles. The van der Waals surface area contributed by atoms with E-state index in [0.29, 0.717) is 5.56 Å². The fourth-order valence-corrected chi connectivity index (χ4v) is 2.50. The Hall–Kier alpha value is -1.55. The van der Waals surface area contributed by atoms with Gasteiger partial charge in [0, 0.05) is 18.7 Å². The van der Waals surface area contributed by atoms with Crippen molar-refractivity contribution < 1.29 is 9.90 Å². The molecule has 0 spiro atoms. The van der Waals surface area contributed by atoms with Gasteiger partial charge in [-0.05, 0) is 57.0 Å². The predicted octanol–water partition coefficient (Wildman–Crippen LogP) is 1.91. The number of amides is 1. The van der Waals surface area contributed by atoms with Crippen molar-refractivity contribution in [2.24, 2.45) is 0 Å². The first-order chi connectivity index (χ1) is 9.09. The van der Waals surface area contributed by atoms with Crippen LogP contribution in [0.1, 0.15) is 35.2 Å². The lowest BCUT2D eigenvalue weighted by atomic mass is 10.1. The lowest BCUT2D eigenvalue weighted by Crippen LogP contribution is -2.37. The second-order valence-corrected chi connectivity index (χ2v) is 5.25. The van der Waals surface area contributed by atoms with E-state index in [0.717, 1.165) is 37.9 Å².